The Hall–Kier alpha value is -3.49. The Labute approximate surface area is 212 Å². The normalized spacial score (nSPS) is 19.9. The van der Waals surface area contributed by atoms with Gasteiger partial charge in [-0.1, -0.05) is 18.2 Å². The fourth-order valence-corrected chi connectivity index (χ4v) is 5.88. The van der Waals surface area contributed by atoms with Gasteiger partial charge in [-0.15, -0.1) is 11.3 Å². The number of hydrogen-bond donors (Lipinski definition) is 1. The van der Waals surface area contributed by atoms with E-state index in [9.17, 15) is 14.4 Å². The van der Waals surface area contributed by atoms with E-state index < -0.39 is 11.9 Å². The van der Waals surface area contributed by atoms with E-state index in [4.69, 9.17) is 13.9 Å². The van der Waals surface area contributed by atoms with Crippen LogP contribution in [0.15, 0.2) is 79.8 Å². The van der Waals surface area contributed by atoms with Gasteiger partial charge in [-0.3, -0.25) is 9.59 Å². The number of carbonyl (C=O) groups excluding carboxylic acids is 2. The molecule has 5 rings (SSSR count). The second-order valence-electron chi connectivity index (χ2n) is 8.88. The maximum absolute atomic E-state index is 13.6. The van der Waals surface area contributed by atoms with Crippen molar-refractivity contribution >= 4 is 34.1 Å². The van der Waals surface area contributed by atoms with Gasteiger partial charge in [0.15, 0.2) is 11.2 Å². The molecule has 0 amide bonds. The molecule has 1 aliphatic heterocycles. The Balaban J connectivity index is 1.61. The number of carbonyl (C=O) groups is 2. The van der Waals surface area contributed by atoms with Crippen molar-refractivity contribution in [1.82, 2.24) is 5.32 Å². The molecule has 0 saturated heterocycles. The molecule has 1 aliphatic carbocycles. The summed E-state index contributed by atoms with van der Waals surface area (Å²) in [6.45, 7) is 4.49. The van der Waals surface area contributed by atoms with Crippen molar-refractivity contribution < 1.29 is 23.5 Å². The summed E-state index contributed by atoms with van der Waals surface area (Å²) in [7, 11) is 0. The Bertz CT molecular complexity index is 1430. The largest absolute Gasteiger partial charge is 0.464 e. The lowest BCUT2D eigenvalue weighted by molar-refractivity contribution is -0.140. The molecule has 0 saturated carbocycles. The molecule has 7 nitrogen and oxygen atoms in total. The lowest BCUT2D eigenvalue weighted by Crippen LogP contribution is -2.37. The molecule has 0 bridgehead atoms. The van der Waals surface area contributed by atoms with Crippen molar-refractivity contribution in [2.45, 2.75) is 38.5 Å². The van der Waals surface area contributed by atoms with Gasteiger partial charge in [0.2, 0.25) is 0 Å². The first-order chi connectivity index (χ1) is 17.5. The number of esters is 1. The van der Waals surface area contributed by atoms with Crippen LogP contribution in [0.2, 0.25) is 0 Å². The second kappa shape index (κ2) is 10.2. The number of nitrogens with one attached hydrogen (secondary N) is 1. The van der Waals surface area contributed by atoms with Gasteiger partial charge in [-0.05, 0) is 43.8 Å². The summed E-state index contributed by atoms with van der Waals surface area (Å²) in [5.74, 6) is -1.51. The third-order valence-electron chi connectivity index (χ3n) is 6.68. The van der Waals surface area contributed by atoms with Crippen LogP contribution in [0.4, 0.5) is 0 Å². The summed E-state index contributed by atoms with van der Waals surface area (Å²) in [5, 5.41) is 5.71. The molecular weight excluding hydrogens is 478 g/mol. The number of ketones is 1. The fourth-order valence-electron chi connectivity index (χ4n) is 5.05. The van der Waals surface area contributed by atoms with Crippen LogP contribution in [0.25, 0.3) is 11.0 Å². The first-order valence-corrected chi connectivity index (χ1v) is 12.9. The van der Waals surface area contributed by atoms with Gasteiger partial charge in [0.1, 0.15) is 12.2 Å². The zero-order valence-corrected chi connectivity index (χ0v) is 21.0. The Kier molecular flexibility index (Phi) is 6.89. The summed E-state index contributed by atoms with van der Waals surface area (Å²) < 4.78 is 16.6. The van der Waals surface area contributed by atoms with Gasteiger partial charge in [0, 0.05) is 46.4 Å². The Morgan fingerprint density at radius 2 is 1.97 bits per heavy atom. The van der Waals surface area contributed by atoms with Crippen LogP contribution in [0, 0.1) is 0 Å². The average molecular weight is 506 g/mol. The zero-order valence-electron chi connectivity index (χ0n) is 20.2. The van der Waals surface area contributed by atoms with Gasteiger partial charge >= 0.3 is 5.97 Å². The minimum atomic E-state index is -0.876. The molecule has 1 aromatic carbocycles. The molecular formula is C28H27NO6S. The summed E-state index contributed by atoms with van der Waals surface area (Å²) in [6.07, 6.45) is 2.30. The van der Waals surface area contributed by atoms with Crippen molar-refractivity contribution in [3.63, 3.8) is 0 Å². The van der Waals surface area contributed by atoms with Crippen molar-refractivity contribution in [1.29, 1.82) is 0 Å². The number of dihydropyridines is 1. The van der Waals surface area contributed by atoms with E-state index in [-0.39, 0.29) is 41.5 Å². The number of ether oxygens (including phenoxy) is 2. The van der Waals surface area contributed by atoms with Crippen molar-refractivity contribution in [3.8, 4) is 0 Å². The molecule has 186 valence electrons. The molecule has 0 unspecified atom stereocenters. The van der Waals surface area contributed by atoms with Crippen molar-refractivity contribution in [3.05, 3.63) is 91.2 Å². The molecule has 2 atom stereocenters. The number of rotatable bonds is 7. The van der Waals surface area contributed by atoms with E-state index in [1.54, 1.807) is 42.5 Å². The maximum atomic E-state index is 13.6. The van der Waals surface area contributed by atoms with Crippen LogP contribution in [0.3, 0.4) is 0 Å². The highest BCUT2D eigenvalue weighted by atomic mass is 32.1. The molecule has 1 N–H and O–H groups in total. The van der Waals surface area contributed by atoms with Crippen LogP contribution >= 0.6 is 11.3 Å². The highest BCUT2D eigenvalue weighted by molar-refractivity contribution is 7.10. The first-order valence-electron chi connectivity index (χ1n) is 12.0. The summed E-state index contributed by atoms with van der Waals surface area (Å²) in [4.78, 5) is 41.7. The molecule has 36 heavy (non-hydrogen) atoms. The zero-order chi connectivity index (χ0) is 25.2. The summed E-state index contributed by atoms with van der Waals surface area (Å²) in [6, 6.07) is 11.0. The molecule has 3 aromatic rings. The third-order valence-corrected chi connectivity index (χ3v) is 7.71. The van der Waals surface area contributed by atoms with Crippen LogP contribution in [0.1, 0.15) is 49.0 Å². The maximum Gasteiger partial charge on any atom is 0.336 e. The molecule has 2 aliphatic rings. The van der Waals surface area contributed by atoms with E-state index in [0.29, 0.717) is 41.7 Å². The van der Waals surface area contributed by atoms with Crippen LogP contribution in [-0.2, 0) is 19.1 Å². The van der Waals surface area contributed by atoms with E-state index in [0.717, 1.165) is 10.6 Å². The van der Waals surface area contributed by atoms with E-state index in [1.165, 1.54) is 6.26 Å². The Morgan fingerprint density at radius 1 is 1.14 bits per heavy atom. The van der Waals surface area contributed by atoms with Crippen molar-refractivity contribution in [2.24, 2.45) is 0 Å². The summed E-state index contributed by atoms with van der Waals surface area (Å²) in [5.41, 5.74) is 2.42. The average Bonchev–Trinajstić information content (AvgIpc) is 3.41. The Morgan fingerprint density at radius 3 is 2.75 bits per heavy atom. The monoisotopic (exact) mass is 505 g/mol. The van der Waals surface area contributed by atoms with Crippen LogP contribution in [-0.4, -0.2) is 31.6 Å². The van der Waals surface area contributed by atoms with Crippen molar-refractivity contribution in [2.75, 3.05) is 19.8 Å². The van der Waals surface area contributed by atoms with E-state index in [2.05, 4.69) is 5.32 Å². The minimum absolute atomic E-state index is 0.0462. The first kappa shape index (κ1) is 24.2. The van der Waals surface area contributed by atoms with Crippen LogP contribution < -0.4 is 10.7 Å². The number of hydrogen-bond acceptors (Lipinski definition) is 8. The SMILES string of the molecule is CCOCCOC(=O)C1=C(C)NC2=C(C(=O)C[C@H](c3cccs3)C2)[C@H]1c1coc2ccccc2c1=O. The van der Waals surface area contributed by atoms with Crippen LogP contribution in [0.5, 0.6) is 0 Å². The second-order valence-corrected chi connectivity index (χ2v) is 9.86. The minimum Gasteiger partial charge on any atom is -0.464 e. The van der Waals surface area contributed by atoms with Gasteiger partial charge in [0.25, 0.3) is 0 Å². The fraction of sp³-hybridized carbons (Fsp3) is 0.321. The van der Waals surface area contributed by atoms with Gasteiger partial charge in [0.05, 0.1) is 29.7 Å². The van der Waals surface area contributed by atoms with E-state index in [1.807, 2.05) is 24.4 Å². The molecule has 2 aromatic heterocycles. The molecule has 0 fully saturated rings. The summed E-state index contributed by atoms with van der Waals surface area (Å²) >= 11 is 1.63. The smallest absolute Gasteiger partial charge is 0.336 e. The van der Waals surface area contributed by atoms with E-state index >= 15 is 0 Å². The third kappa shape index (κ3) is 4.42. The predicted octanol–water partition coefficient (Wildman–Crippen LogP) is 4.80. The quantitative estimate of drug-likeness (QED) is 0.364. The highest BCUT2D eigenvalue weighted by Gasteiger charge is 2.43. The topological polar surface area (TPSA) is 94.8 Å². The number of allylic oxidation sites excluding steroid dienone is 3. The highest BCUT2D eigenvalue weighted by Crippen LogP contribution is 2.45. The molecule has 3 heterocycles. The number of fused-ring (bicyclic) bond motifs is 1. The number of para-hydroxylation sites is 1. The number of Topliss-reactive ketones (excluding diaryl/α,β-unsaturated/α-hetero) is 1. The predicted molar refractivity (Wildman–Crippen MR) is 137 cm³/mol. The standard InChI is InChI=1S/C28H27NO6S/c1-3-33-10-11-34-28(32)24-16(2)29-20-13-17(23-9-6-12-36-23)14-21(30)26(20)25(24)19-15-35-22-8-5-4-7-18(22)27(19)31/h4-9,12,15,17,25,29H,3,10-11,13-14H2,1-2H3/t17-,25+/m1/s1. The number of benzene rings is 1. The van der Waals surface area contributed by atoms with Gasteiger partial charge < -0.3 is 19.2 Å². The molecule has 8 heteroatoms. The van der Waals surface area contributed by atoms with Gasteiger partial charge in [-0.2, -0.15) is 0 Å². The molecule has 0 radical (unpaired) electrons. The molecule has 0 spiro atoms. The van der Waals surface area contributed by atoms with Gasteiger partial charge in [-0.25, -0.2) is 4.79 Å². The number of thiophene rings is 1. The lowest BCUT2D eigenvalue weighted by atomic mass is 9.73. The lowest BCUT2D eigenvalue weighted by Gasteiger charge is -2.36.